The fraction of sp³-hybridized carbons (Fsp3) is 0.952. The maximum Gasteiger partial charge on any atom is 0.311 e. The second kappa shape index (κ2) is 5.72. The molecule has 1 aliphatic heterocycles. The van der Waals surface area contributed by atoms with Crippen LogP contribution in [0.15, 0.2) is 0 Å². The van der Waals surface area contributed by atoms with E-state index < -0.39 is 0 Å². The number of rotatable bonds is 1. The largest absolute Gasteiger partial charge is 0.469 e. The average Bonchev–Trinajstić information content (AvgIpc) is 3.03. The fourth-order valence-electron chi connectivity index (χ4n) is 7.68. The van der Waals surface area contributed by atoms with Gasteiger partial charge >= 0.3 is 5.97 Å². The van der Waals surface area contributed by atoms with Crippen LogP contribution in [0.4, 0.5) is 0 Å². The summed E-state index contributed by atoms with van der Waals surface area (Å²) in [6.45, 7) is 8.12. The summed E-state index contributed by atoms with van der Waals surface area (Å²) in [7, 11) is 1.56. The summed E-state index contributed by atoms with van der Waals surface area (Å²) in [6.07, 6.45) is 8.88. The van der Waals surface area contributed by atoms with Crippen LogP contribution >= 0.6 is 0 Å². The summed E-state index contributed by atoms with van der Waals surface area (Å²) >= 11 is 0. The molecule has 0 N–H and O–H groups in total. The zero-order valence-electron chi connectivity index (χ0n) is 15.8. The number of carbonyl (C=O) groups excluding carboxylic acids is 1. The Morgan fingerprint density at radius 3 is 2.67 bits per heavy atom. The van der Waals surface area contributed by atoms with Gasteiger partial charge in [0.05, 0.1) is 18.6 Å². The van der Waals surface area contributed by atoms with Gasteiger partial charge in [0.15, 0.2) is 0 Å². The number of ether oxygens (including phenoxy) is 2. The Morgan fingerprint density at radius 1 is 1.12 bits per heavy atom. The second-order valence-corrected chi connectivity index (χ2v) is 9.63. The van der Waals surface area contributed by atoms with E-state index in [1.54, 1.807) is 7.11 Å². The Hall–Kier alpha value is -0.570. The lowest BCUT2D eigenvalue weighted by Crippen LogP contribution is -2.58. The minimum Gasteiger partial charge on any atom is -0.469 e. The van der Waals surface area contributed by atoms with Crippen LogP contribution in [0.1, 0.15) is 65.7 Å². The molecule has 136 valence electrons. The first-order valence-electron chi connectivity index (χ1n) is 10.1. The summed E-state index contributed by atoms with van der Waals surface area (Å²) in [5, 5.41) is 0. The Bertz CT molecular complexity index is 517. The summed E-state index contributed by atoms with van der Waals surface area (Å²) in [6, 6.07) is 0. The molecule has 0 spiro atoms. The molecule has 4 fully saturated rings. The number of carbonyl (C=O) groups is 1. The van der Waals surface area contributed by atoms with Gasteiger partial charge in [0.1, 0.15) is 0 Å². The normalized spacial score (nSPS) is 53.7. The lowest BCUT2D eigenvalue weighted by molar-refractivity contribution is -0.183. The highest BCUT2D eigenvalue weighted by atomic mass is 16.5. The summed E-state index contributed by atoms with van der Waals surface area (Å²) in [5.41, 5.74) is -0.0153. The van der Waals surface area contributed by atoms with E-state index in [-0.39, 0.29) is 16.8 Å². The first kappa shape index (κ1) is 16.9. The van der Waals surface area contributed by atoms with Crippen LogP contribution < -0.4 is 0 Å². The number of hydrogen-bond acceptors (Lipinski definition) is 3. The molecular weight excluding hydrogens is 300 g/mol. The topological polar surface area (TPSA) is 35.5 Å². The molecule has 1 heterocycles. The molecule has 0 aromatic rings. The highest BCUT2D eigenvalue weighted by Crippen LogP contribution is 2.66. The van der Waals surface area contributed by atoms with Crippen molar-refractivity contribution in [3.05, 3.63) is 0 Å². The highest BCUT2D eigenvalue weighted by molar-refractivity contribution is 5.77. The van der Waals surface area contributed by atoms with Crippen LogP contribution in [0, 0.1) is 40.4 Å². The van der Waals surface area contributed by atoms with Crippen LogP contribution in [0.25, 0.3) is 0 Å². The molecule has 0 amide bonds. The van der Waals surface area contributed by atoms with Crippen LogP contribution in [-0.4, -0.2) is 25.8 Å². The van der Waals surface area contributed by atoms with Gasteiger partial charge in [-0.2, -0.15) is 0 Å². The van der Waals surface area contributed by atoms with E-state index in [9.17, 15) is 4.79 Å². The minimum atomic E-state index is -0.288. The highest BCUT2D eigenvalue weighted by Gasteiger charge is 2.62. The van der Waals surface area contributed by atoms with Gasteiger partial charge in [-0.3, -0.25) is 4.79 Å². The average molecular weight is 335 g/mol. The van der Waals surface area contributed by atoms with Crippen molar-refractivity contribution < 1.29 is 14.3 Å². The molecule has 3 saturated carbocycles. The van der Waals surface area contributed by atoms with Crippen molar-refractivity contribution in [2.45, 2.75) is 71.8 Å². The quantitative estimate of drug-likeness (QED) is 0.665. The Morgan fingerprint density at radius 2 is 1.92 bits per heavy atom. The molecule has 0 bridgehead atoms. The molecule has 4 rings (SSSR count). The lowest BCUT2D eigenvalue weighted by atomic mass is 9.42. The van der Waals surface area contributed by atoms with Crippen molar-refractivity contribution in [2.75, 3.05) is 13.7 Å². The number of hydrogen-bond donors (Lipinski definition) is 0. The first-order chi connectivity index (χ1) is 11.4. The zero-order valence-corrected chi connectivity index (χ0v) is 15.8. The molecule has 0 radical (unpaired) electrons. The molecule has 24 heavy (non-hydrogen) atoms. The van der Waals surface area contributed by atoms with E-state index in [0.29, 0.717) is 12.0 Å². The van der Waals surface area contributed by atoms with Gasteiger partial charge in [-0.05, 0) is 80.5 Å². The molecular formula is C21H34O3. The standard InChI is InChI=1S/C21H34O3/c1-13-14-6-7-18-20(2,9-5-10-21(18,3)19(22)23-4)16(14)12-17-15(13)8-11-24-17/h13-18H,5-12H2,1-4H3/t13-,14+,15?,16+,17?,18-,20-,21-/m1/s1. The van der Waals surface area contributed by atoms with E-state index >= 15 is 0 Å². The monoisotopic (exact) mass is 334 g/mol. The van der Waals surface area contributed by atoms with Crippen LogP contribution in [0.2, 0.25) is 0 Å². The second-order valence-electron chi connectivity index (χ2n) is 9.63. The molecule has 4 aliphatic rings. The Balaban J connectivity index is 1.67. The Labute approximate surface area is 146 Å². The molecule has 2 unspecified atom stereocenters. The van der Waals surface area contributed by atoms with Gasteiger partial charge in [-0.1, -0.05) is 20.3 Å². The number of esters is 1. The molecule has 3 aliphatic carbocycles. The first-order valence-corrected chi connectivity index (χ1v) is 10.1. The molecule has 1 saturated heterocycles. The minimum absolute atomic E-state index is 0.0238. The lowest BCUT2D eigenvalue weighted by Gasteiger charge is -2.62. The van der Waals surface area contributed by atoms with E-state index in [0.717, 1.165) is 43.1 Å². The van der Waals surface area contributed by atoms with Crippen molar-refractivity contribution in [3.8, 4) is 0 Å². The van der Waals surface area contributed by atoms with Crippen molar-refractivity contribution in [3.63, 3.8) is 0 Å². The van der Waals surface area contributed by atoms with Crippen molar-refractivity contribution in [1.29, 1.82) is 0 Å². The zero-order chi connectivity index (χ0) is 17.1. The predicted molar refractivity (Wildman–Crippen MR) is 93.4 cm³/mol. The molecule has 0 aromatic carbocycles. The van der Waals surface area contributed by atoms with Gasteiger partial charge < -0.3 is 9.47 Å². The summed E-state index contributed by atoms with van der Waals surface area (Å²) in [5.74, 6) is 3.60. The maximum atomic E-state index is 12.6. The van der Waals surface area contributed by atoms with Gasteiger partial charge in [0, 0.05) is 6.61 Å². The van der Waals surface area contributed by atoms with Crippen molar-refractivity contribution in [1.82, 2.24) is 0 Å². The van der Waals surface area contributed by atoms with Gasteiger partial charge in [0.25, 0.3) is 0 Å². The van der Waals surface area contributed by atoms with Crippen molar-refractivity contribution >= 4 is 5.97 Å². The van der Waals surface area contributed by atoms with E-state index in [1.807, 2.05) is 0 Å². The van der Waals surface area contributed by atoms with Crippen LogP contribution in [-0.2, 0) is 14.3 Å². The van der Waals surface area contributed by atoms with Crippen LogP contribution in [0.3, 0.4) is 0 Å². The smallest absolute Gasteiger partial charge is 0.311 e. The van der Waals surface area contributed by atoms with Crippen molar-refractivity contribution in [2.24, 2.45) is 40.4 Å². The maximum absolute atomic E-state index is 12.6. The van der Waals surface area contributed by atoms with E-state index in [2.05, 4.69) is 20.8 Å². The van der Waals surface area contributed by atoms with Gasteiger partial charge in [-0.25, -0.2) is 0 Å². The third-order valence-corrected chi connectivity index (χ3v) is 8.88. The third-order valence-electron chi connectivity index (χ3n) is 8.88. The number of fused-ring (bicyclic) bond motifs is 4. The third kappa shape index (κ3) is 2.15. The SMILES string of the molecule is COC(=O)[C@]1(C)CCC[C@@]2(C)[C@H]1CC[C@H]1[C@@H](C)C3CCOC3C[C@@H]12. The molecule has 3 nitrogen and oxygen atoms in total. The fourth-order valence-corrected chi connectivity index (χ4v) is 7.68. The molecule has 0 aromatic heterocycles. The van der Waals surface area contributed by atoms with E-state index in [4.69, 9.17) is 9.47 Å². The number of methoxy groups -OCH3 is 1. The van der Waals surface area contributed by atoms with Crippen LogP contribution in [0.5, 0.6) is 0 Å². The molecule has 3 heteroatoms. The van der Waals surface area contributed by atoms with Gasteiger partial charge in [-0.15, -0.1) is 0 Å². The van der Waals surface area contributed by atoms with Gasteiger partial charge in [0.2, 0.25) is 0 Å². The Kier molecular flexibility index (Phi) is 4.02. The summed E-state index contributed by atoms with van der Waals surface area (Å²) < 4.78 is 11.4. The predicted octanol–water partition coefficient (Wildman–Crippen LogP) is 4.44. The van der Waals surface area contributed by atoms with E-state index in [1.165, 1.54) is 32.1 Å². The molecule has 8 atom stereocenters. The summed E-state index contributed by atoms with van der Waals surface area (Å²) in [4.78, 5) is 12.6.